The molecular formula is C24H25N5O2. The van der Waals surface area contributed by atoms with Gasteiger partial charge < -0.3 is 19.9 Å². The van der Waals surface area contributed by atoms with Gasteiger partial charge in [-0.05, 0) is 66.9 Å². The van der Waals surface area contributed by atoms with E-state index in [2.05, 4.69) is 31.5 Å². The molecule has 1 fully saturated rings. The third kappa shape index (κ3) is 3.99. The second-order valence-corrected chi connectivity index (χ2v) is 7.88. The predicted molar refractivity (Wildman–Crippen MR) is 122 cm³/mol. The molecule has 0 aliphatic carbocycles. The number of aromatic amines is 2. The molecule has 5 rings (SSSR count). The number of ether oxygens (including phenoxy) is 1. The standard InChI is InChI=1S/C24H25N5O2/c1-31-20-5-2-16(3-6-20)22-15-23(28-27-22)29-12-9-19(10-13-29)26-24(30)18-4-7-21-17(14-18)8-11-25-21/h2-8,11,14-15,19,25H,9-10,12-13H2,1H3,(H,26,30)(H,27,28). The molecule has 1 saturated heterocycles. The lowest BCUT2D eigenvalue weighted by Crippen LogP contribution is -2.44. The first-order valence-corrected chi connectivity index (χ1v) is 10.5. The maximum Gasteiger partial charge on any atom is 0.251 e. The van der Waals surface area contributed by atoms with Crippen molar-refractivity contribution in [2.24, 2.45) is 0 Å². The van der Waals surface area contributed by atoms with Gasteiger partial charge in [-0.3, -0.25) is 9.89 Å². The Labute approximate surface area is 180 Å². The van der Waals surface area contributed by atoms with Crippen LogP contribution in [0.3, 0.4) is 0 Å². The van der Waals surface area contributed by atoms with Gasteiger partial charge in [0.1, 0.15) is 5.75 Å². The van der Waals surface area contributed by atoms with Crippen molar-refractivity contribution in [3.8, 4) is 17.0 Å². The summed E-state index contributed by atoms with van der Waals surface area (Å²) in [4.78, 5) is 18.1. The minimum atomic E-state index is -0.0110. The fourth-order valence-corrected chi connectivity index (χ4v) is 4.11. The van der Waals surface area contributed by atoms with Crippen LogP contribution in [0.1, 0.15) is 23.2 Å². The zero-order chi connectivity index (χ0) is 21.2. The van der Waals surface area contributed by atoms with Gasteiger partial charge in [-0.15, -0.1) is 0 Å². The van der Waals surface area contributed by atoms with E-state index in [4.69, 9.17) is 4.74 Å². The summed E-state index contributed by atoms with van der Waals surface area (Å²) in [6.07, 6.45) is 3.67. The lowest BCUT2D eigenvalue weighted by atomic mass is 10.0. The Morgan fingerprint density at radius 3 is 2.68 bits per heavy atom. The van der Waals surface area contributed by atoms with Gasteiger partial charge in [0.25, 0.3) is 5.91 Å². The van der Waals surface area contributed by atoms with E-state index in [-0.39, 0.29) is 11.9 Å². The van der Waals surface area contributed by atoms with Crippen LogP contribution in [0.2, 0.25) is 0 Å². The molecule has 0 saturated carbocycles. The summed E-state index contributed by atoms with van der Waals surface area (Å²) in [6.45, 7) is 1.71. The Morgan fingerprint density at radius 1 is 1.10 bits per heavy atom. The average Bonchev–Trinajstić information content (AvgIpc) is 3.49. The number of aromatic nitrogens is 3. The van der Waals surface area contributed by atoms with Gasteiger partial charge >= 0.3 is 0 Å². The highest BCUT2D eigenvalue weighted by atomic mass is 16.5. The molecule has 0 atom stereocenters. The van der Waals surface area contributed by atoms with Crippen LogP contribution in [0, 0.1) is 0 Å². The normalized spacial score (nSPS) is 14.7. The molecule has 0 bridgehead atoms. The van der Waals surface area contributed by atoms with E-state index >= 15 is 0 Å². The number of hydrogen-bond acceptors (Lipinski definition) is 4. The van der Waals surface area contributed by atoms with Crippen molar-refractivity contribution in [3.05, 3.63) is 66.4 Å². The Bertz CT molecular complexity index is 1190. The van der Waals surface area contributed by atoms with Crippen LogP contribution < -0.4 is 15.0 Å². The maximum absolute atomic E-state index is 12.7. The summed E-state index contributed by atoms with van der Waals surface area (Å²) in [5.41, 5.74) is 3.79. The molecule has 3 heterocycles. The number of rotatable bonds is 5. The molecule has 2 aromatic carbocycles. The van der Waals surface area contributed by atoms with Crippen LogP contribution in [0.25, 0.3) is 22.2 Å². The van der Waals surface area contributed by atoms with Crippen molar-refractivity contribution in [3.63, 3.8) is 0 Å². The Balaban J connectivity index is 1.18. The lowest BCUT2D eigenvalue weighted by Gasteiger charge is -2.32. The first kappa shape index (κ1) is 19.2. The van der Waals surface area contributed by atoms with E-state index in [0.29, 0.717) is 5.56 Å². The van der Waals surface area contributed by atoms with Crippen molar-refractivity contribution >= 4 is 22.6 Å². The van der Waals surface area contributed by atoms with Gasteiger partial charge in [0, 0.05) is 47.9 Å². The summed E-state index contributed by atoms with van der Waals surface area (Å²) in [7, 11) is 1.66. The van der Waals surface area contributed by atoms with Gasteiger partial charge in [-0.2, -0.15) is 5.10 Å². The van der Waals surface area contributed by atoms with Crippen LogP contribution in [-0.4, -0.2) is 47.3 Å². The van der Waals surface area contributed by atoms with Crippen molar-refractivity contribution in [1.82, 2.24) is 20.5 Å². The quantitative estimate of drug-likeness (QED) is 0.460. The number of nitrogens with one attached hydrogen (secondary N) is 3. The number of H-pyrrole nitrogens is 2. The van der Waals surface area contributed by atoms with E-state index in [1.165, 1.54) is 0 Å². The van der Waals surface area contributed by atoms with Gasteiger partial charge in [0.15, 0.2) is 5.82 Å². The van der Waals surface area contributed by atoms with E-state index in [0.717, 1.165) is 59.7 Å². The van der Waals surface area contributed by atoms with Gasteiger partial charge in [-0.25, -0.2) is 0 Å². The number of amides is 1. The number of carbonyl (C=O) groups is 1. The minimum absolute atomic E-state index is 0.0110. The third-order valence-corrected chi connectivity index (χ3v) is 5.94. The molecule has 1 amide bonds. The summed E-state index contributed by atoms with van der Waals surface area (Å²) in [5.74, 6) is 1.76. The lowest BCUT2D eigenvalue weighted by molar-refractivity contribution is 0.0931. The maximum atomic E-state index is 12.7. The summed E-state index contributed by atoms with van der Waals surface area (Å²) < 4.78 is 5.22. The smallest absolute Gasteiger partial charge is 0.251 e. The fraction of sp³-hybridized carbons (Fsp3) is 0.250. The van der Waals surface area contributed by atoms with E-state index in [1.54, 1.807) is 7.11 Å². The van der Waals surface area contributed by atoms with Crippen molar-refractivity contribution in [2.45, 2.75) is 18.9 Å². The van der Waals surface area contributed by atoms with E-state index in [9.17, 15) is 4.79 Å². The second kappa shape index (κ2) is 8.18. The number of piperidine rings is 1. The first-order valence-electron chi connectivity index (χ1n) is 10.5. The zero-order valence-corrected chi connectivity index (χ0v) is 17.4. The number of carbonyl (C=O) groups excluding carboxylic acids is 1. The molecule has 7 nitrogen and oxygen atoms in total. The second-order valence-electron chi connectivity index (χ2n) is 7.88. The molecule has 1 aliphatic rings. The molecule has 0 radical (unpaired) electrons. The first-order chi connectivity index (χ1) is 15.2. The predicted octanol–water partition coefficient (Wildman–Crippen LogP) is 3.97. The van der Waals surface area contributed by atoms with Crippen LogP contribution in [-0.2, 0) is 0 Å². The molecule has 4 aromatic rings. The molecule has 7 heteroatoms. The SMILES string of the molecule is COc1ccc(-c2cc(N3CCC(NC(=O)c4ccc5[nH]ccc5c4)CC3)n[nH]2)cc1. The van der Waals surface area contributed by atoms with Crippen molar-refractivity contribution in [1.29, 1.82) is 0 Å². The number of benzene rings is 2. The topological polar surface area (TPSA) is 86.0 Å². The van der Waals surface area contributed by atoms with Gasteiger partial charge in [0.05, 0.1) is 12.8 Å². The number of methoxy groups -OCH3 is 1. The number of anilines is 1. The monoisotopic (exact) mass is 415 g/mol. The van der Waals surface area contributed by atoms with Crippen LogP contribution >= 0.6 is 0 Å². The highest BCUT2D eigenvalue weighted by Crippen LogP contribution is 2.26. The van der Waals surface area contributed by atoms with Gasteiger partial charge in [-0.1, -0.05) is 0 Å². The van der Waals surface area contributed by atoms with E-state index in [1.807, 2.05) is 54.7 Å². The third-order valence-electron chi connectivity index (χ3n) is 5.94. The molecule has 2 aromatic heterocycles. The summed E-state index contributed by atoms with van der Waals surface area (Å²) >= 11 is 0. The van der Waals surface area contributed by atoms with Crippen LogP contribution in [0.5, 0.6) is 5.75 Å². The summed E-state index contributed by atoms with van der Waals surface area (Å²) in [6, 6.07) is 17.9. The molecule has 0 unspecified atom stereocenters. The number of nitrogens with zero attached hydrogens (tertiary/aromatic N) is 2. The van der Waals surface area contributed by atoms with Crippen molar-refractivity contribution < 1.29 is 9.53 Å². The molecule has 0 spiro atoms. The molecular weight excluding hydrogens is 390 g/mol. The van der Waals surface area contributed by atoms with E-state index < -0.39 is 0 Å². The Morgan fingerprint density at radius 2 is 1.90 bits per heavy atom. The Hall–Kier alpha value is -3.74. The van der Waals surface area contributed by atoms with Crippen molar-refractivity contribution in [2.75, 3.05) is 25.1 Å². The summed E-state index contributed by atoms with van der Waals surface area (Å²) in [5, 5.41) is 11.9. The zero-order valence-electron chi connectivity index (χ0n) is 17.4. The highest BCUT2D eigenvalue weighted by Gasteiger charge is 2.23. The molecule has 158 valence electrons. The number of fused-ring (bicyclic) bond motifs is 1. The molecule has 3 N–H and O–H groups in total. The van der Waals surface area contributed by atoms with Crippen LogP contribution in [0.4, 0.5) is 5.82 Å². The highest BCUT2D eigenvalue weighted by molar-refractivity contribution is 5.98. The minimum Gasteiger partial charge on any atom is -0.497 e. The number of hydrogen-bond donors (Lipinski definition) is 3. The fourth-order valence-electron chi connectivity index (χ4n) is 4.11. The molecule has 31 heavy (non-hydrogen) atoms. The molecule has 1 aliphatic heterocycles. The Kier molecular flexibility index (Phi) is 5.08. The van der Waals surface area contributed by atoms with Crippen LogP contribution in [0.15, 0.2) is 60.8 Å². The van der Waals surface area contributed by atoms with Gasteiger partial charge in [0.2, 0.25) is 0 Å². The average molecular weight is 415 g/mol. The largest absolute Gasteiger partial charge is 0.497 e.